The molecule has 0 bridgehead atoms. The van der Waals surface area contributed by atoms with Crippen LogP contribution >= 0.6 is 11.5 Å². The van der Waals surface area contributed by atoms with Crippen LogP contribution in [0.25, 0.3) is 0 Å². The minimum atomic E-state index is -0.0657. The van der Waals surface area contributed by atoms with Crippen molar-refractivity contribution in [3.8, 4) is 0 Å². The first-order valence-corrected chi connectivity index (χ1v) is 6.18. The van der Waals surface area contributed by atoms with Gasteiger partial charge in [-0.3, -0.25) is 0 Å². The SMILES string of the molecule is CCc1nsc(N(C)CC2CC(O)C2)n1. The lowest BCUT2D eigenvalue weighted by molar-refractivity contribution is 0.0465. The van der Waals surface area contributed by atoms with E-state index in [1.54, 1.807) is 0 Å². The molecule has 15 heavy (non-hydrogen) atoms. The van der Waals surface area contributed by atoms with Crippen LogP contribution in [0.3, 0.4) is 0 Å². The third-order valence-corrected chi connectivity index (χ3v) is 3.71. The fraction of sp³-hybridized carbons (Fsp3) is 0.800. The maximum absolute atomic E-state index is 9.20. The molecule has 4 nitrogen and oxygen atoms in total. The molecule has 0 saturated heterocycles. The summed E-state index contributed by atoms with van der Waals surface area (Å²) in [6, 6.07) is 0. The number of aryl methyl sites for hydroxylation is 1. The Labute approximate surface area is 94.1 Å². The molecule has 1 saturated carbocycles. The predicted octanol–water partition coefficient (Wildman–Crippen LogP) is 1.31. The second kappa shape index (κ2) is 4.45. The van der Waals surface area contributed by atoms with Gasteiger partial charge >= 0.3 is 0 Å². The van der Waals surface area contributed by atoms with Gasteiger partial charge in [-0.1, -0.05) is 6.92 Å². The summed E-state index contributed by atoms with van der Waals surface area (Å²) in [6.45, 7) is 3.05. The molecule has 5 heteroatoms. The zero-order chi connectivity index (χ0) is 10.8. The zero-order valence-corrected chi connectivity index (χ0v) is 10.00. The maximum Gasteiger partial charge on any atom is 0.204 e. The van der Waals surface area contributed by atoms with E-state index in [-0.39, 0.29) is 6.10 Å². The zero-order valence-electron chi connectivity index (χ0n) is 9.18. The third kappa shape index (κ3) is 2.46. The van der Waals surface area contributed by atoms with Crippen LogP contribution in [0.5, 0.6) is 0 Å². The molecule has 2 rings (SSSR count). The first kappa shape index (κ1) is 10.8. The predicted molar refractivity (Wildman–Crippen MR) is 61.3 cm³/mol. The molecule has 1 aromatic rings. The molecule has 84 valence electrons. The van der Waals surface area contributed by atoms with E-state index in [4.69, 9.17) is 0 Å². The van der Waals surface area contributed by atoms with Crippen LogP contribution < -0.4 is 4.90 Å². The molecule has 1 aliphatic carbocycles. The van der Waals surface area contributed by atoms with Crippen molar-refractivity contribution in [3.63, 3.8) is 0 Å². The smallest absolute Gasteiger partial charge is 0.204 e. The highest BCUT2D eigenvalue weighted by atomic mass is 32.1. The molecule has 1 heterocycles. The summed E-state index contributed by atoms with van der Waals surface area (Å²) in [6.07, 6.45) is 2.70. The molecule has 1 aromatic heterocycles. The molecule has 0 aliphatic heterocycles. The van der Waals surface area contributed by atoms with Gasteiger partial charge in [0.05, 0.1) is 6.10 Å². The van der Waals surface area contributed by atoms with Gasteiger partial charge in [-0.15, -0.1) is 0 Å². The van der Waals surface area contributed by atoms with Crippen LogP contribution in [0.2, 0.25) is 0 Å². The highest BCUT2D eigenvalue weighted by Gasteiger charge is 2.28. The van der Waals surface area contributed by atoms with E-state index in [1.165, 1.54) is 11.5 Å². The second-order valence-electron chi connectivity index (χ2n) is 4.22. The van der Waals surface area contributed by atoms with Crippen molar-refractivity contribution < 1.29 is 5.11 Å². The van der Waals surface area contributed by atoms with Crippen LogP contribution in [0, 0.1) is 5.92 Å². The Balaban J connectivity index is 1.87. The second-order valence-corrected chi connectivity index (χ2v) is 4.95. The van der Waals surface area contributed by atoms with Crippen molar-refractivity contribution >= 4 is 16.7 Å². The minimum Gasteiger partial charge on any atom is -0.393 e. The van der Waals surface area contributed by atoms with Gasteiger partial charge in [-0.05, 0) is 18.8 Å². The molecule has 0 aromatic carbocycles. The maximum atomic E-state index is 9.20. The Morgan fingerprint density at radius 3 is 2.80 bits per heavy atom. The van der Waals surface area contributed by atoms with Crippen molar-refractivity contribution in [1.82, 2.24) is 9.36 Å². The molecule has 0 amide bonds. The summed E-state index contributed by atoms with van der Waals surface area (Å²) in [5.74, 6) is 1.55. The van der Waals surface area contributed by atoms with E-state index >= 15 is 0 Å². The number of hydrogen-bond acceptors (Lipinski definition) is 5. The van der Waals surface area contributed by atoms with Gasteiger partial charge in [-0.2, -0.15) is 4.37 Å². The number of aliphatic hydroxyl groups is 1. The Kier molecular flexibility index (Phi) is 3.21. The average molecular weight is 227 g/mol. The van der Waals surface area contributed by atoms with E-state index in [0.29, 0.717) is 5.92 Å². The van der Waals surface area contributed by atoms with Gasteiger partial charge < -0.3 is 10.0 Å². The molecule has 0 radical (unpaired) electrons. The van der Waals surface area contributed by atoms with Crippen molar-refractivity contribution in [2.45, 2.75) is 32.3 Å². The summed E-state index contributed by atoms with van der Waals surface area (Å²) in [5.41, 5.74) is 0. The van der Waals surface area contributed by atoms with E-state index in [1.807, 2.05) is 7.05 Å². The molecule has 1 fully saturated rings. The molecule has 1 N–H and O–H groups in total. The lowest BCUT2D eigenvalue weighted by Gasteiger charge is -2.34. The van der Waals surface area contributed by atoms with Crippen LogP contribution in [0.1, 0.15) is 25.6 Å². The number of aromatic nitrogens is 2. The van der Waals surface area contributed by atoms with Gasteiger partial charge in [0.2, 0.25) is 5.13 Å². The number of rotatable bonds is 4. The summed E-state index contributed by atoms with van der Waals surface area (Å²) < 4.78 is 4.26. The van der Waals surface area contributed by atoms with Crippen LogP contribution in [-0.2, 0) is 6.42 Å². The summed E-state index contributed by atoms with van der Waals surface area (Å²) in [7, 11) is 2.05. The van der Waals surface area contributed by atoms with Gasteiger partial charge in [0.15, 0.2) is 0 Å². The first-order chi connectivity index (χ1) is 7.19. The molecule has 0 spiro atoms. The Hall–Kier alpha value is -0.680. The van der Waals surface area contributed by atoms with Gasteiger partial charge in [0.1, 0.15) is 5.82 Å². The van der Waals surface area contributed by atoms with Crippen LogP contribution in [-0.4, -0.2) is 34.2 Å². The Morgan fingerprint density at radius 2 is 2.27 bits per heavy atom. The highest BCUT2D eigenvalue weighted by Crippen LogP contribution is 2.29. The minimum absolute atomic E-state index is 0.0657. The molecule has 0 unspecified atom stereocenters. The van der Waals surface area contributed by atoms with Crippen molar-refractivity contribution in [2.24, 2.45) is 5.92 Å². The third-order valence-electron chi connectivity index (χ3n) is 2.84. The number of aliphatic hydroxyl groups excluding tert-OH is 1. The van der Waals surface area contributed by atoms with Crippen molar-refractivity contribution in [1.29, 1.82) is 0 Å². The lowest BCUT2D eigenvalue weighted by Crippen LogP contribution is -2.37. The number of nitrogens with zero attached hydrogens (tertiary/aromatic N) is 3. The number of anilines is 1. The van der Waals surface area contributed by atoms with E-state index in [0.717, 1.165) is 36.8 Å². The number of hydrogen-bond donors (Lipinski definition) is 1. The van der Waals surface area contributed by atoms with Crippen LogP contribution in [0.15, 0.2) is 0 Å². The molecular formula is C10H17N3OS. The van der Waals surface area contributed by atoms with Crippen molar-refractivity contribution in [3.05, 3.63) is 5.82 Å². The van der Waals surface area contributed by atoms with Gasteiger partial charge in [-0.25, -0.2) is 4.98 Å². The Bertz CT molecular complexity index is 322. The standard InChI is InChI=1S/C10H17N3OS/c1-3-9-11-10(15-12-9)13(2)6-7-4-8(14)5-7/h7-8,14H,3-6H2,1-2H3. The summed E-state index contributed by atoms with van der Waals surface area (Å²) in [4.78, 5) is 6.58. The Morgan fingerprint density at radius 1 is 1.53 bits per heavy atom. The summed E-state index contributed by atoms with van der Waals surface area (Å²) >= 11 is 1.46. The highest BCUT2D eigenvalue weighted by molar-refractivity contribution is 7.09. The van der Waals surface area contributed by atoms with Gasteiger partial charge in [0.25, 0.3) is 0 Å². The van der Waals surface area contributed by atoms with E-state index in [2.05, 4.69) is 21.2 Å². The fourth-order valence-electron chi connectivity index (χ4n) is 1.86. The lowest BCUT2D eigenvalue weighted by atomic mass is 9.82. The van der Waals surface area contributed by atoms with Gasteiger partial charge in [0, 0.05) is 31.5 Å². The normalized spacial score (nSPS) is 25.0. The van der Waals surface area contributed by atoms with E-state index < -0.39 is 0 Å². The summed E-state index contributed by atoms with van der Waals surface area (Å²) in [5, 5.41) is 10.2. The van der Waals surface area contributed by atoms with Crippen LogP contribution in [0.4, 0.5) is 5.13 Å². The largest absolute Gasteiger partial charge is 0.393 e. The molecular weight excluding hydrogens is 210 g/mol. The van der Waals surface area contributed by atoms with E-state index in [9.17, 15) is 5.11 Å². The quantitative estimate of drug-likeness (QED) is 0.842. The molecule has 0 atom stereocenters. The monoisotopic (exact) mass is 227 g/mol. The fourth-order valence-corrected chi connectivity index (χ4v) is 2.58. The van der Waals surface area contributed by atoms with Crippen molar-refractivity contribution in [2.75, 3.05) is 18.5 Å². The first-order valence-electron chi connectivity index (χ1n) is 5.40. The average Bonchev–Trinajstić information content (AvgIpc) is 2.63. The molecule has 1 aliphatic rings. The topological polar surface area (TPSA) is 49.2 Å².